The van der Waals surface area contributed by atoms with Crippen molar-refractivity contribution in [3.05, 3.63) is 22.9 Å². The maximum atomic E-state index is 12.7. The van der Waals surface area contributed by atoms with Crippen molar-refractivity contribution in [1.29, 1.82) is 5.26 Å². The Morgan fingerprint density at radius 2 is 2.31 bits per heavy atom. The van der Waals surface area contributed by atoms with Crippen LogP contribution in [-0.4, -0.2) is 12.1 Å². The topological polar surface area (TPSA) is 71.9 Å². The summed E-state index contributed by atoms with van der Waals surface area (Å²) in [7, 11) is 1.34. The van der Waals surface area contributed by atoms with Crippen molar-refractivity contribution in [3.63, 3.8) is 0 Å². The van der Waals surface area contributed by atoms with Gasteiger partial charge in [0.25, 0.3) is 6.43 Å². The number of rotatable bonds is 4. The molecule has 0 aromatic carbocycles. The second-order valence-electron chi connectivity index (χ2n) is 3.02. The molecule has 0 atom stereocenters. The Balaban J connectivity index is 3.36. The molecule has 2 N–H and O–H groups in total. The summed E-state index contributed by atoms with van der Waals surface area (Å²) in [6.07, 6.45) is -2.81. The van der Waals surface area contributed by atoms with Gasteiger partial charge in [-0.15, -0.1) is 0 Å². The molecule has 0 bridgehead atoms. The zero-order valence-corrected chi connectivity index (χ0v) is 8.70. The van der Waals surface area contributed by atoms with Crippen LogP contribution in [0, 0.1) is 11.3 Å². The SMILES string of the molecule is COc1cc(C(F)F)c(CC#N)c(CN)n1. The largest absolute Gasteiger partial charge is 0.481 e. The van der Waals surface area contributed by atoms with Gasteiger partial charge >= 0.3 is 0 Å². The first-order chi connectivity index (χ1) is 7.63. The summed E-state index contributed by atoms with van der Waals surface area (Å²) in [5.74, 6) is 0.0810. The van der Waals surface area contributed by atoms with E-state index in [1.165, 1.54) is 7.11 Å². The Labute approximate surface area is 91.7 Å². The minimum absolute atomic E-state index is 0.00602. The van der Waals surface area contributed by atoms with Crippen LogP contribution in [0.5, 0.6) is 5.88 Å². The molecule has 1 rings (SSSR count). The van der Waals surface area contributed by atoms with Crippen molar-refractivity contribution in [2.45, 2.75) is 19.4 Å². The summed E-state index contributed by atoms with van der Waals surface area (Å²) >= 11 is 0. The molecule has 0 radical (unpaired) electrons. The molecular formula is C10H11F2N3O. The van der Waals surface area contributed by atoms with E-state index in [4.69, 9.17) is 15.7 Å². The van der Waals surface area contributed by atoms with E-state index in [0.717, 1.165) is 6.07 Å². The van der Waals surface area contributed by atoms with Crippen molar-refractivity contribution < 1.29 is 13.5 Å². The summed E-state index contributed by atoms with van der Waals surface area (Å²) in [6, 6.07) is 2.96. The molecular weight excluding hydrogens is 216 g/mol. The normalized spacial score (nSPS) is 10.2. The van der Waals surface area contributed by atoms with E-state index in [1.807, 2.05) is 6.07 Å². The number of aromatic nitrogens is 1. The highest BCUT2D eigenvalue weighted by Gasteiger charge is 2.18. The van der Waals surface area contributed by atoms with Crippen molar-refractivity contribution >= 4 is 0 Å². The molecule has 0 aliphatic heterocycles. The van der Waals surface area contributed by atoms with Crippen LogP contribution in [0.15, 0.2) is 6.07 Å². The van der Waals surface area contributed by atoms with Gasteiger partial charge in [-0.05, 0) is 5.56 Å². The van der Waals surface area contributed by atoms with Crippen LogP contribution < -0.4 is 10.5 Å². The molecule has 1 aromatic heterocycles. The highest BCUT2D eigenvalue weighted by atomic mass is 19.3. The third-order valence-corrected chi connectivity index (χ3v) is 2.11. The molecule has 16 heavy (non-hydrogen) atoms. The quantitative estimate of drug-likeness (QED) is 0.847. The lowest BCUT2D eigenvalue weighted by atomic mass is 10.0. The van der Waals surface area contributed by atoms with Crippen LogP contribution >= 0.6 is 0 Å². The Hall–Kier alpha value is -1.74. The first kappa shape index (κ1) is 12.3. The fraction of sp³-hybridized carbons (Fsp3) is 0.400. The van der Waals surface area contributed by atoms with Gasteiger partial charge in [-0.25, -0.2) is 13.8 Å². The third-order valence-electron chi connectivity index (χ3n) is 2.11. The number of ether oxygens (including phenoxy) is 1. The summed E-state index contributed by atoms with van der Waals surface area (Å²) in [6.45, 7) is -0.00602. The fourth-order valence-corrected chi connectivity index (χ4v) is 1.37. The summed E-state index contributed by atoms with van der Waals surface area (Å²) in [4.78, 5) is 3.94. The number of nitrogens with zero attached hydrogens (tertiary/aromatic N) is 2. The monoisotopic (exact) mass is 227 g/mol. The molecule has 0 aliphatic rings. The lowest BCUT2D eigenvalue weighted by Crippen LogP contribution is -2.09. The summed E-state index contributed by atoms with van der Waals surface area (Å²) in [5.41, 5.74) is 5.63. The van der Waals surface area contributed by atoms with Crippen molar-refractivity contribution in [1.82, 2.24) is 4.98 Å². The van der Waals surface area contributed by atoms with Crippen LogP contribution in [0.3, 0.4) is 0 Å². The van der Waals surface area contributed by atoms with E-state index in [0.29, 0.717) is 0 Å². The number of nitrogens with two attached hydrogens (primary N) is 1. The minimum atomic E-state index is -2.68. The maximum absolute atomic E-state index is 12.7. The van der Waals surface area contributed by atoms with Gasteiger partial charge in [-0.3, -0.25) is 0 Å². The van der Waals surface area contributed by atoms with E-state index in [9.17, 15) is 8.78 Å². The van der Waals surface area contributed by atoms with Gasteiger partial charge in [0, 0.05) is 18.2 Å². The smallest absolute Gasteiger partial charge is 0.264 e. The van der Waals surface area contributed by atoms with Gasteiger partial charge in [0.15, 0.2) is 0 Å². The van der Waals surface area contributed by atoms with Crippen molar-refractivity contribution in [2.75, 3.05) is 7.11 Å². The molecule has 0 aliphatic carbocycles. The first-order valence-electron chi connectivity index (χ1n) is 4.55. The number of hydrogen-bond acceptors (Lipinski definition) is 4. The van der Waals surface area contributed by atoms with Crippen molar-refractivity contribution in [2.24, 2.45) is 5.73 Å². The maximum Gasteiger partial charge on any atom is 0.264 e. The van der Waals surface area contributed by atoms with Crippen LogP contribution in [0.25, 0.3) is 0 Å². The number of pyridine rings is 1. The Morgan fingerprint density at radius 1 is 1.62 bits per heavy atom. The molecule has 0 spiro atoms. The van der Waals surface area contributed by atoms with E-state index >= 15 is 0 Å². The van der Waals surface area contributed by atoms with E-state index in [-0.39, 0.29) is 35.7 Å². The number of nitriles is 1. The minimum Gasteiger partial charge on any atom is -0.481 e. The molecule has 6 heteroatoms. The summed E-state index contributed by atoms with van der Waals surface area (Å²) < 4.78 is 30.3. The number of methoxy groups -OCH3 is 1. The van der Waals surface area contributed by atoms with Gasteiger partial charge in [0.05, 0.1) is 25.3 Å². The van der Waals surface area contributed by atoms with E-state index in [2.05, 4.69) is 4.98 Å². The number of halogens is 2. The first-order valence-corrected chi connectivity index (χ1v) is 4.55. The predicted octanol–water partition coefficient (Wildman–Crippen LogP) is 1.55. The molecule has 4 nitrogen and oxygen atoms in total. The lowest BCUT2D eigenvalue weighted by Gasteiger charge is -2.12. The molecule has 0 saturated heterocycles. The van der Waals surface area contributed by atoms with E-state index < -0.39 is 6.43 Å². The molecule has 0 amide bonds. The molecule has 86 valence electrons. The van der Waals surface area contributed by atoms with Crippen LogP contribution in [0.1, 0.15) is 23.2 Å². The van der Waals surface area contributed by atoms with E-state index in [1.54, 1.807) is 0 Å². The van der Waals surface area contributed by atoms with Crippen LogP contribution in [0.2, 0.25) is 0 Å². The van der Waals surface area contributed by atoms with Gasteiger partial charge in [0.2, 0.25) is 5.88 Å². The van der Waals surface area contributed by atoms with Crippen LogP contribution in [-0.2, 0) is 13.0 Å². The fourth-order valence-electron chi connectivity index (χ4n) is 1.37. The zero-order chi connectivity index (χ0) is 12.1. The van der Waals surface area contributed by atoms with Crippen LogP contribution in [0.4, 0.5) is 8.78 Å². The highest BCUT2D eigenvalue weighted by Crippen LogP contribution is 2.28. The predicted molar refractivity (Wildman–Crippen MR) is 53.0 cm³/mol. The molecule has 0 saturated carbocycles. The molecule has 1 aromatic rings. The number of hydrogen-bond donors (Lipinski definition) is 1. The van der Waals surface area contributed by atoms with Gasteiger partial charge in [-0.2, -0.15) is 5.26 Å². The standard InChI is InChI=1S/C10H11F2N3O/c1-16-9-4-7(10(11)12)6(2-3-13)8(5-14)15-9/h4,10H,2,5,14H2,1H3. The lowest BCUT2D eigenvalue weighted by molar-refractivity contribution is 0.149. The Bertz CT molecular complexity index is 415. The average Bonchev–Trinajstić information content (AvgIpc) is 2.29. The molecule has 0 fully saturated rings. The number of alkyl halides is 2. The zero-order valence-electron chi connectivity index (χ0n) is 8.70. The average molecular weight is 227 g/mol. The third kappa shape index (κ3) is 2.44. The molecule has 0 unspecified atom stereocenters. The second-order valence-corrected chi connectivity index (χ2v) is 3.02. The van der Waals surface area contributed by atoms with Gasteiger partial charge in [-0.1, -0.05) is 0 Å². The van der Waals surface area contributed by atoms with Gasteiger partial charge in [0.1, 0.15) is 0 Å². The second kappa shape index (κ2) is 5.37. The van der Waals surface area contributed by atoms with Gasteiger partial charge < -0.3 is 10.5 Å². The molecule has 1 heterocycles. The van der Waals surface area contributed by atoms with Crippen molar-refractivity contribution in [3.8, 4) is 11.9 Å². The Kier molecular flexibility index (Phi) is 4.14. The Morgan fingerprint density at radius 3 is 2.75 bits per heavy atom. The highest BCUT2D eigenvalue weighted by molar-refractivity contribution is 5.37. The summed E-state index contributed by atoms with van der Waals surface area (Å²) in [5, 5.41) is 8.58.